The summed E-state index contributed by atoms with van der Waals surface area (Å²) in [6.07, 6.45) is 6.71. The van der Waals surface area contributed by atoms with E-state index in [1.807, 2.05) is 13.8 Å². The molecule has 12 heteroatoms. The van der Waals surface area contributed by atoms with E-state index in [9.17, 15) is 23.1 Å². The smallest absolute Gasteiger partial charge is 0.252 e. The Bertz CT molecular complexity index is 1310. The van der Waals surface area contributed by atoms with Crippen LogP contribution in [-0.4, -0.2) is 48.2 Å². The maximum atomic E-state index is 14.5. The van der Waals surface area contributed by atoms with Crippen LogP contribution in [0, 0.1) is 17.5 Å². The Labute approximate surface area is 218 Å². The average molecular weight is 532 g/mol. The lowest BCUT2D eigenvalue weighted by Gasteiger charge is -2.36. The third kappa shape index (κ3) is 5.27. The molecule has 0 spiro atoms. The van der Waals surface area contributed by atoms with E-state index in [2.05, 4.69) is 30.9 Å². The number of benzene rings is 1. The lowest BCUT2D eigenvalue weighted by atomic mass is 9.81. The van der Waals surface area contributed by atoms with Crippen LogP contribution in [0.3, 0.4) is 0 Å². The molecule has 0 bridgehead atoms. The van der Waals surface area contributed by atoms with Crippen LogP contribution >= 0.6 is 0 Å². The minimum absolute atomic E-state index is 0.0619. The number of carbonyl (C=O) groups excluding carboxylic acids is 1. The van der Waals surface area contributed by atoms with Crippen LogP contribution in [0.2, 0.25) is 0 Å². The molecule has 9 nitrogen and oxygen atoms in total. The van der Waals surface area contributed by atoms with Crippen molar-refractivity contribution in [1.82, 2.24) is 24.8 Å². The number of anilines is 3. The zero-order valence-electron chi connectivity index (χ0n) is 21.4. The number of nitrogens with one attached hydrogen (secondary N) is 3. The van der Waals surface area contributed by atoms with Gasteiger partial charge in [0.1, 0.15) is 22.6 Å². The zero-order valence-corrected chi connectivity index (χ0v) is 21.4. The molecule has 0 saturated heterocycles. The highest BCUT2D eigenvalue weighted by atomic mass is 19.1. The van der Waals surface area contributed by atoms with Crippen molar-refractivity contribution in [2.24, 2.45) is 0 Å². The van der Waals surface area contributed by atoms with Gasteiger partial charge in [-0.25, -0.2) is 23.1 Å². The first-order valence-corrected chi connectivity index (χ1v) is 13.1. The van der Waals surface area contributed by atoms with Gasteiger partial charge < -0.3 is 21.1 Å². The van der Waals surface area contributed by atoms with Crippen molar-refractivity contribution >= 4 is 34.7 Å². The summed E-state index contributed by atoms with van der Waals surface area (Å²) in [6.45, 7) is 3.88. The number of hydrogen-bond donors (Lipinski definition) is 4. The molecule has 0 atom stereocenters. The van der Waals surface area contributed by atoms with Gasteiger partial charge in [0, 0.05) is 30.3 Å². The Morgan fingerprint density at radius 3 is 2.37 bits per heavy atom. The molecule has 2 heterocycles. The number of aromatic nitrogens is 4. The molecule has 0 unspecified atom stereocenters. The third-order valence-electron chi connectivity index (χ3n) is 7.35. The molecule has 204 valence electrons. The van der Waals surface area contributed by atoms with Crippen molar-refractivity contribution in [2.45, 2.75) is 88.9 Å². The number of fused-ring (bicyclic) bond motifs is 1. The van der Waals surface area contributed by atoms with Gasteiger partial charge in [-0.1, -0.05) is 12.8 Å². The van der Waals surface area contributed by atoms with E-state index < -0.39 is 28.7 Å². The van der Waals surface area contributed by atoms with Gasteiger partial charge in [0.25, 0.3) is 5.91 Å². The van der Waals surface area contributed by atoms with E-state index in [-0.39, 0.29) is 42.8 Å². The van der Waals surface area contributed by atoms with Gasteiger partial charge in [0.05, 0.1) is 6.20 Å². The summed E-state index contributed by atoms with van der Waals surface area (Å²) in [5.41, 5.74) is -1.21. The molecule has 5 rings (SSSR count). The Balaban J connectivity index is 1.46. The molecule has 1 aromatic carbocycles. The first kappa shape index (κ1) is 26.2. The predicted molar refractivity (Wildman–Crippen MR) is 137 cm³/mol. The van der Waals surface area contributed by atoms with Crippen molar-refractivity contribution in [1.29, 1.82) is 0 Å². The van der Waals surface area contributed by atoms with Gasteiger partial charge in [0.15, 0.2) is 17.3 Å². The van der Waals surface area contributed by atoms with E-state index in [0.717, 1.165) is 25.7 Å². The number of aliphatic hydroxyl groups is 1. The first-order valence-electron chi connectivity index (χ1n) is 13.1. The van der Waals surface area contributed by atoms with Gasteiger partial charge in [-0.3, -0.25) is 9.36 Å². The van der Waals surface area contributed by atoms with Crippen molar-refractivity contribution in [3.8, 4) is 0 Å². The van der Waals surface area contributed by atoms with Crippen LogP contribution in [0.4, 0.5) is 30.8 Å². The van der Waals surface area contributed by atoms with Crippen LogP contribution in [0.25, 0.3) is 11.2 Å². The maximum absolute atomic E-state index is 14.5. The fourth-order valence-corrected chi connectivity index (χ4v) is 5.38. The van der Waals surface area contributed by atoms with Gasteiger partial charge in [0.2, 0.25) is 11.9 Å². The number of halogens is 3. The number of hydrogen-bond acceptors (Lipinski definition) is 7. The third-order valence-corrected chi connectivity index (χ3v) is 7.35. The molecular weight excluding hydrogens is 499 g/mol. The topological polar surface area (TPSA) is 117 Å². The van der Waals surface area contributed by atoms with Crippen LogP contribution in [-0.2, 0) is 4.79 Å². The highest BCUT2D eigenvalue weighted by Crippen LogP contribution is 2.39. The second-order valence-electron chi connectivity index (χ2n) is 10.6. The summed E-state index contributed by atoms with van der Waals surface area (Å²) in [5.74, 6) is -3.12. The number of rotatable bonds is 7. The van der Waals surface area contributed by atoms with E-state index in [1.54, 1.807) is 4.57 Å². The monoisotopic (exact) mass is 531 g/mol. The standard InChI is InChI=1S/C26H32F3N7O2/c1-14(2)31-24-30-13-20-22(35-24)36(25(33-20)34-21-18(28)11-15(27)12-19(21)29)17-7-9-26(38,10-8-17)23(37)32-16-5-3-4-6-16/h11-14,16-17,38H,3-10H2,1-2H3,(H,32,37)(H,33,34)(H,30,31,35)/t17-,26-. The summed E-state index contributed by atoms with van der Waals surface area (Å²) in [5, 5.41) is 20.0. The Morgan fingerprint density at radius 1 is 1.08 bits per heavy atom. The van der Waals surface area contributed by atoms with E-state index in [1.165, 1.54) is 6.20 Å². The molecule has 0 aliphatic heterocycles. The Hall–Kier alpha value is -3.41. The summed E-state index contributed by atoms with van der Waals surface area (Å²) in [7, 11) is 0. The minimum atomic E-state index is -1.49. The number of carbonyl (C=O) groups is 1. The van der Waals surface area contributed by atoms with Crippen LogP contribution in [0.15, 0.2) is 18.3 Å². The van der Waals surface area contributed by atoms with E-state index >= 15 is 0 Å². The molecule has 38 heavy (non-hydrogen) atoms. The zero-order chi connectivity index (χ0) is 27.0. The largest absolute Gasteiger partial charge is 0.380 e. The highest BCUT2D eigenvalue weighted by Gasteiger charge is 2.42. The molecule has 2 aliphatic rings. The van der Waals surface area contributed by atoms with Gasteiger partial charge in [-0.15, -0.1) is 0 Å². The molecular formula is C26H32F3N7O2. The molecule has 4 N–H and O–H groups in total. The van der Waals surface area contributed by atoms with E-state index in [4.69, 9.17) is 0 Å². The van der Waals surface area contributed by atoms with Crippen molar-refractivity contribution in [3.05, 3.63) is 35.8 Å². The average Bonchev–Trinajstić information content (AvgIpc) is 3.49. The first-order chi connectivity index (χ1) is 18.1. The van der Waals surface area contributed by atoms with Gasteiger partial charge in [-0.2, -0.15) is 4.98 Å². The number of imidazole rings is 1. The second-order valence-corrected chi connectivity index (χ2v) is 10.6. The molecule has 2 aromatic heterocycles. The van der Waals surface area contributed by atoms with Crippen molar-refractivity contribution in [2.75, 3.05) is 10.6 Å². The molecule has 3 aromatic rings. The van der Waals surface area contributed by atoms with Gasteiger partial charge in [-0.05, 0) is 52.4 Å². The molecule has 2 fully saturated rings. The number of nitrogens with zero attached hydrogens (tertiary/aromatic N) is 4. The quantitative estimate of drug-likeness (QED) is 0.349. The summed E-state index contributed by atoms with van der Waals surface area (Å²) >= 11 is 0. The van der Waals surface area contributed by atoms with Crippen LogP contribution in [0.5, 0.6) is 0 Å². The molecule has 2 aliphatic carbocycles. The van der Waals surface area contributed by atoms with Gasteiger partial charge >= 0.3 is 0 Å². The minimum Gasteiger partial charge on any atom is -0.380 e. The predicted octanol–water partition coefficient (Wildman–Crippen LogP) is 4.71. The fourth-order valence-electron chi connectivity index (χ4n) is 5.38. The lowest BCUT2D eigenvalue weighted by Crippen LogP contribution is -2.51. The normalized spacial score (nSPS) is 22.2. The highest BCUT2D eigenvalue weighted by molar-refractivity contribution is 5.85. The summed E-state index contributed by atoms with van der Waals surface area (Å²) in [6, 6.07) is 1.06. The second kappa shape index (κ2) is 10.4. The van der Waals surface area contributed by atoms with Crippen LogP contribution in [0.1, 0.15) is 71.3 Å². The fraction of sp³-hybridized carbons (Fsp3) is 0.538. The molecule has 1 amide bonds. The van der Waals surface area contributed by atoms with Crippen molar-refractivity contribution in [3.63, 3.8) is 0 Å². The SMILES string of the molecule is CC(C)Nc1ncc2nc(Nc3c(F)cc(F)cc3F)n([C@H]3CC[C@@](O)(C(=O)NC4CCCC4)CC3)c2n1. The maximum Gasteiger partial charge on any atom is 0.252 e. The van der Waals surface area contributed by atoms with Crippen LogP contribution < -0.4 is 16.0 Å². The summed E-state index contributed by atoms with van der Waals surface area (Å²) < 4.78 is 44.2. The number of amides is 1. The summed E-state index contributed by atoms with van der Waals surface area (Å²) in [4.78, 5) is 26.3. The Morgan fingerprint density at radius 2 is 1.74 bits per heavy atom. The van der Waals surface area contributed by atoms with Crippen molar-refractivity contribution < 1.29 is 23.1 Å². The Kier molecular flexibility index (Phi) is 7.17. The van der Waals surface area contributed by atoms with E-state index in [0.29, 0.717) is 42.1 Å². The molecule has 2 saturated carbocycles. The lowest BCUT2D eigenvalue weighted by molar-refractivity contribution is -0.144. The molecule has 0 radical (unpaired) electrons.